The van der Waals surface area contributed by atoms with Crippen molar-refractivity contribution in [2.75, 3.05) is 18.4 Å². The van der Waals surface area contributed by atoms with Crippen LogP contribution in [-0.2, 0) is 4.79 Å². The first kappa shape index (κ1) is 16.0. The minimum Gasteiger partial charge on any atom is -0.325 e. The zero-order chi connectivity index (χ0) is 15.1. The van der Waals surface area contributed by atoms with Gasteiger partial charge in [-0.05, 0) is 49.8 Å². The topological polar surface area (TPSA) is 41.1 Å². The van der Waals surface area contributed by atoms with Gasteiger partial charge in [0.2, 0.25) is 5.91 Å². The highest BCUT2D eigenvalue weighted by molar-refractivity contribution is 5.92. The SMILES string of the molecule is CCC1CCC(CNCC(=O)Nc2ccccc2C)CC1. The summed E-state index contributed by atoms with van der Waals surface area (Å²) < 4.78 is 0. The molecule has 1 saturated carbocycles. The summed E-state index contributed by atoms with van der Waals surface area (Å²) in [4.78, 5) is 11.9. The summed E-state index contributed by atoms with van der Waals surface area (Å²) >= 11 is 0. The van der Waals surface area contributed by atoms with Crippen molar-refractivity contribution in [1.29, 1.82) is 0 Å². The lowest BCUT2D eigenvalue weighted by molar-refractivity contribution is -0.115. The summed E-state index contributed by atoms with van der Waals surface area (Å²) in [5.74, 6) is 1.73. The molecule has 2 N–H and O–H groups in total. The first-order valence-corrected chi connectivity index (χ1v) is 8.25. The lowest BCUT2D eigenvalue weighted by atomic mass is 9.81. The number of anilines is 1. The molecule has 0 heterocycles. The highest BCUT2D eigenvalue weighted by Crippen LogP contribution is 2.29. The highest BCUT2D eigenvalue weighted by Gasteiger charge is 2.19. The van der Waals surface area contributed by atoms with Crippen LogP contribution in [0.4, 0.5) is 5.69 Å². The van der Waals surface area contributed by atoms with Crippen molar-refractivity contribution in [3.63, 3.8) is 0 Å². The number of carbonyl (C=O) groups excluding carboxylic acids is 1. The number of aryl methyl sites for hydroxylation is 1. The smallest absolute Gasteiger partial charge is 0.238 e. The molecule has 1 aromatic rings. The lowest BCUT2D eigenvalue weighted by Gasteiger charge is -2.27. The standard InChI is InChI=1S/C18H28N2O/c1-3-15-8-10-16(11-9-15)12-19-13-18(21)20-17-7-5-4-6-14(17)2/h4-7,15-16,19H,3,8-13H2,1-2H3,(H,20,21). The van der Waals surface area contributed by atoms with Gasteiger partial charge in [-0.2, -0.15) is 0 Å². The molecule has 1 aliphatic carbocycles. The van der Waals surface area contributed by atoms with Gasteiger partial charge in [0.15, 0.2) is 0 Å². The minimum absolute atomic E-state index is 0.0477. The van der Waals surface area contributed by atoms with E-state index in [1.165, 1.54) is 32.1 Å². The molecule has 0 spiro atoms. The third kappa shape index (κ3) is 5.16. The van der Waals surface area contributed by atoms with Gasteiger partial charge in [0.25, 0.3) is 0 Å². The summed E-state index contributed by atoms with van der Waals surface area (Å²) in [5.41, 5.74) is 2.01. The zero-order valence-corrected chi connectivity index (χ0v) is 13.3. The number of para-hydroxylation sites is 1. The van der Waals surface area contributed by atoms with Crippen LogP contribution in [0.15, 0.2) is 24.3 Å². The monoisotopic (exact) mass is 288 g/mol. The van der Waals surface area contributed by atoms with E-state index in [1.54, 1.807) is 0 Å². The first-order valence-electron chi connectivity index (χ1n) is 8.25. The molecular formula is C18H28N2O. The number of carbonyl (C=O) groups is 1. The average Bonchev–Trinajstić information content (AvgIpc) is 2.50. The van der Waals surface area contributed by atoms with Crippen LogP contribution in [0.2, 0.25) is 0 Å². The number of amides is 1. The molecule has 1 fully saturated rings. The fourth-order valence-corrected chi connectivity index (χ4v) is 3.14. The van der Waals surface area contributed by atoms with Crippen molar-refractivity contribution < 1.29 is 4.79 Å². The van der Waals surface area contributed by atoms with E-state index >= 15 is 0 Å². The Morgan fingerprint density at radius 3 is 2.48 bits per heavy atom. The van der Waals surface area contributed by atoms with Gasteiger partial charge >= 0.3 is 0 Å². The molecule has 116 valence electrons. The van der Waals surface area contributed by atoms with Gasteiger partial charge in [0.1, 0.15) is 0 Å². The van der Waals surface area contributed by atoms with Gasteiger partial charge < -0.3 is 10.6 Å². The van der Waals surface area contributed by atoms with Gasteiger partial charge in [-0.1, -0.05) is 44.4 Å². The normalized spacial score (nSPS) is 22.0. The summed E-state index contributed by atoms with van der Waals surface area (Å²) in [6.45, 7) is 5.67. The summed E-state index contributed by atoms with van der Waals surface area (Å²) in [6, 6.07) is 7.88. The molecule has 21 heavy (non-hydrogen) atoms. The Hall–Kier alpha value is -1.35. The molecule has 0 atom stereocenters. The van der Waals surface area contributed by atoms with E-state index in [2.05, 4.69) is 17.6 Å². The third-order valence-corrected chi connectivity index (χ3v) is 4.68. The second-order valence-corrected chi connectivity index (χ2v) is 6.29. The Labute approximate surface area is 128 Å². The Morgan fingerprint density at radius 2 is 1.81 bits per heavy atom. The molecule has 0 aliphatic heterocycles. The second kappa shape index (κ2) is 8.18. The van der Waals surface area contributed by atoms with Crippen LogP contribution >= 0.6 is 0 Å². The van der Waals surface area contributed by atoms with Crippen LogP contribution in [0, 0.1) is 18.8 Å². The van der Waals surface area contributed by atoms with Gasteiger partial charge in [0.05, 0.1) is 6.54 Å². The number of nitrogens with one attached hydrogen (secondary N) is 2. The highest BCUT2D eigenvalue weighted by atomic mass is 16.1. The van der Waals surface area contributed by atoms with E-state index in [0.29, 0.717) is 6.54 Å². The Morgan fingerprint density at radius 1 is 1.14 bits per heavy atom. The van der Waals surface area contributed by atoms with Crippen LogP contribution in [-0.4, -0.2) is 19.0 Å². The van der Waals surface area contributed by atoms with Crippen molar-refractivity contribution >= 4 is 11.6 Å². The maximum Gasteiger partial charge on any atom is 0.238 e. The largest absolute Gasteiger partial charge is 0.325 e. The summed E-state index contributed by atoms with van der Waals surface area (Å²) in [7, 11) is 0. The van der Waals surface area contributed by atoms with E-state index in [-0.39, 0.29) is 5.91 Å². The molecule has 3 heteroatoms. The van der Waals surface area contributed by atoms with Crippen molar-refractivity contribution in [2.45, 2.75) is 46.0 Å². The van der Waals surface area contributed by atoms with Gasteiger partial charge in [-0.3, -0.25) is 4.79 Å². The number of benzene rings is 1. The van der Waals surface area contributed by atoms with E-state index in [4.69, 9.17) is 0 Å². The molecule has 0 saturated heterocycles. The van der Waals surface area contributed by atoms with Crippen molar-refractivity contribution in [2.24, 2.45) is 11.8 Å². The quantitative estimate of drug-likeness (QED) is 0.837. The molecule has 0 unspecified atom stereocenters. The number of hydrogen-bond acceptors (Lipinski definition) is 2. The predicted octanol–water partition coefficient (Wildman–Crippen LogP) is 3.74. The van der Waals surface area contributed by atoms with Crippen LogP contribution in [0.3, 0.4) is 0 Å². The van der Waals surface area contributed by atoms with E-state index in [1.807, 2.05) is 31.2 Å². The second-order valence-electron chi connectivity index (χ2n) is 6.29. The minimum atomic E-state index is 0.0477. The van der Waals surface area contributed by atoms with Crippen molar-refractivity contribution in [3.05, 3.63) is 29.8 Å². The van der Waals surface area contributed by atoms with Crippen LogP contribution < -0.4 is 10.6 Å². The summed E-state index contributed by atoms with van der Waals surface area (Å²) in [6.07, 6.45) is 6.66. The number of rotatable bonds is 6. The fraction of sp³-hybridized carbons (Fsp3) is 0.611. The predicted molar refractivity (Wildman–Crippen MR) is 88.4 cm³/mol. The van der Waals surface area contributed by atoms with Gasteiger partial charge in [0, 0.05) is 5.69 Å². The molecule has 1 aromatic carbocycles. The molecule has 0 radical (unpaired) electrons. The van der Waals surface area contributed by atoms with E-state index < -0.39 is 0 Å². The van der Waals surface area contributed by atoms with Crippen LogP contribution in [0.25, 0.3) is 0 Å². The lowest BCUT2D eigenvalue weighted by Crippen LogP contribution is -2.33. The molecule has 1 amide bonds. The van der Waals surface area contributed by atoms with E-state index in [0.717, 1.165) is 29.6 Å². The fourth-order valence-electron chi connectivity index (χ4n) is 3.14. The van der Waals surface area contributed by atoms with Gasteiger partial charge in [-0.25, -0.2) is 0 Å². The Kier molecular flexibility index (Phi) is 6.24. The van der Waals surface area contributed by atoms with Crippen LogP contribution in [0.5, 0.6) is 0 Å². The molecular weight excluding hydrogens is 260 g/mol. The maximum absolute atomic E-state index is 11.9. The Balaban J connectivity index is 1.65. The summed E-state index contributed by atoms with van der Waals surface area (Å²) in [5, 5.41) is 6.28. The first-order chi connectivity index (χ1) is 10.2. The molecule has 3 nitrogen and oxygen atoms in total. The van der Waals surface area contributed by atoms with Gasteiger partial charge in [-0.15, -0.1) is 0 Å². The zero-order valence-electron chi connectivity index (χ0n) is 13.3. The van der Waals surface area contributed by atoms with Crippen molar-refractivity contribution in [3.8, 4) is 0 Å². The van der Waals surface area contributed by atoms with Crippen LogP contribution in [0.1, 0.15) is 44.6 Å². The molecule has 0 aromatic heterocycles. The average molecular weight is 288 g/mol. The Bertz CT molecular complexity index is 450. The molecule has 1 aliphatic rings. The third-order valence-electron chi connectivity index (χ3n) is 4.68. The molecule has 0 bridgehead atoms. The van der Waals surface area contributed by atoms with E-state index in [9.17, 15) is 4.79 Å². The maximum atomic E-state index is 11.9. The van der Waals surface area contributed by atoms with Crippen molar-refractivity contribution in [1.82, 2.24) is 5.32 Å². The molecule has 2 rings (SSSR count). The number of hydrogen-bond donors (Lipinski definition) is 2.